The summed E-state index contributed by atoms with van der Waals surface area (Å²) in [6.45, 7) is 4.19. The van der Waals surface area contributed by atoms with Gasteiger partial charge < -0.3 is 0 Å². The Kier molecular flexibility index (Phi) is 2.27. The van der Waals surface area contributed by atoms with E-state index < -0.39 is 0 Å². The molecule has 0 aliphatic carbocycles. The van der Waals surface area contributed by atoms with Gasteiger partial charge in [0.25, 0.3) is 0 Å². The lowest BCUT2D eigenvalue weighted by atomic mass is 10.3. The fourth-order valence-electron chi connectivity index (χ4n) is 1.35. The van der Waals surface area contributed by atoms with Crippen molar-refractivity contribution in [3.8, 4) is 0 Å². The first kappa shape index (κ1) is 8.63. The van der Waals surface area contributed by atoms with Gasteiger partial charge in [-0.15, -0.1) is 11.3 Å². The van der Waals surface area contributed by atoms with Crippen LogP contribution >= 0.6 is 11.3 Å². The molecule has 0 radical (unpaired) electrons. The number of fused-ring (bicyclic) bond motifs is 1. The lowest BCUT2D eigenvalue weighted by molar-refractivity contribution is 0.912. The Bertz CT molecular complexity index is 420. The topological polar surface area (TPSA) is 25.8 Å². The molecule has 3 heteroatoms. The maximum Gasteiger partial charge on any atom is 0.103 e. The van der Waals surface area contributed by atoms with Crippen LogP contribution in [0, 0.1) is 6.92 Å². The molecule has 2 rings (SSSR count). The molecule has 0 bridgehead atoms. The second-order valence-electron chi connectivity index (χ2n) is 3.10. The summed E-state index contributed by atoms with van der Waals surface area (Å²) in [5.41, 5.74) is 2.12. The SMILES string of the molecule is CCCc1nc2c(C)nccc2s1. The van der Waals surface area contributed by atoms with Crippen molar-refractivity contribution in [3.63, 3.8) is 0 Å². The van der Waals surface area contributed by atoms with Crippen molar-refractivity contribution in [1.82, 2.24) is 9.97 Å². The van der Waals surface area contributed by atoms with Crippen LogP contribution in [0.5, 0.6) is 0 Å². The van der Waals surface area contributed by atoms with E-state index in [1.54, 1.807) is 11.3 Å². The molecule has 0 atom stereocenters. The molecule has 0 aromatic carbocycles. The quantitative estimate of drug-likeness (QED) is 0.731. The number of nitrogens with zero attached hydrogens (tertiary/aromatic N) is 2. The largest absolute Gasteiger partial charge is 0.259 e. The zero-order valence-electron chi connectivity index (χ0n) is 7.87. The Morgan fingerprint density at radius 2 is 2.31 bits per heavy atom. The molecule has 0 unspecified atom stereocenters. The van der Waals surface area contributed by atoms with E-state index in [0.717, 1.165) is 24.1 Å². The summed E-state index contributed by atoms with van der Waals surface area (Å²) in [7, 11) is 0. The van der Waals surface area contributed by atoms with Gasteiger partial charge in [0.15, 0.2) is 0 Å². The standard InChI is InChI=1S/C10H12N2S/c1-3-4-9-12-10-7(2)11-6-5-8(10)13-9/h5-6H,3-4H2,1-2H3. The Labute approximate surface area is 81.7 Å². The zero-order chi connectivity index (χ0) is 9.26. The van der Waals surface area contributed by atoms with E-state index in [2.05, 4.69) is 16.9 Å². The Balaban J connectivity index is 2.55. The molecule has 0 aliphatic heterocycles. The van der Waals surface area contributed by atoms with Gasteiger partial charge >= 0.3 is 0 Å². The van der Waals surface area contributed by atoms with Crippen molar-refractivity contribution in [1.29, 1.82) is 0 Å². The highest BCUT2D eigenvalue weighted by Gasteiger charge is 2.04. The van der Waals surface area contributed by atoms with Crippen LogP contribution < -0.4 is 0 Å². The highest BCUT2D eigenvalue weighted by atomic mass is 32.1. The summed E-state index contributed by atoms with van der Waals surface area (Å²) in [5.74, 6) is 0. The molecule has 0 fully saturated rings. The van der Waals surface area contributed by atoms with Gasteiger partial charge in [0, 0.05) is 6.20 Å². The molecular formula is C10H12N2S. The first-order chi connectivity index (χ1) is 6.31. The lowest BCUT2D eigenvalue weighted by Crippen LogP contribution is -1.82. The van der Waals surface area contributed by atoms with E-state index in [-0.39, 0.29) is 0 Å². The van der Waals surface area contributed by atoms with Gasteiger partial charge in [0.05, 0.1) is 15.4 Å². The predicted molar refractivity (Wildman–Crippen MR) is 56.1 cm³/mol. The molecule has 0 amide bonds. The molecule has 13 heavy (non-hydrogen) atoms. The minimum absolute atomic E-state index is 1.04. The number of thiazole rings is 1. The molecule has 0 saturated carbocycles. The van der Waals surface area contributed by atoms with E-state index in [4.69, 9.17) is 0 Å². The third-order valence-corrected chi connectivity index (χ3v) is 3.08. The average molecular weight is 192 g/mol. The first-order valence-corrected chi connectivity index (χ1v) is 5.34. The van der Waals surface area contributed by atoms with Gasteiger partial charge in [-0.3, -0.25) is 4.98 Å². The zero-order valence-corrected chi connectivity index (χ0v) is 8.69. The molecule has 68 valence electrons. The third-order valence-electron chi connectivity index (χ3n) is 2.00. The van der Waals surface area contributed by atoms with Crippen molar-refractivity contribution < 1.29 is 0 Å². The van der Waals surface area contributed by atoms with E-state index in [1.807, 2.05) is 19.2 Å². The number of aromatic nitrogens is 2. The van der Waals surface area contributed by atoms with Crippen LogP contribution in [0.25, 0.3) is 10.2 Å². The first-order valence-electron chi connectivity index (χ1n) is 4.52. The lowest BCUT2D eigenvalue weighted by Gasteiger charge is -1.89. The molecule has 0 aliphatic rings. The van der Waals surface area contributed by atoms with Gasteiger partial charge in [-0.05, 0) is 25.8 Å². The van der Waals surface area contributed by atoms with Gasteiger partial charge in [-0.1, -0.05) is 6.92 Å². The van der Waals surface area contributed by atoms with Crippen molar-refractivity contribution >= 4 is 21.6 Å². The monoisotopic (exact) mass is 192 g/mol. The van der Waals surface area contributed by atoms with Crippen LogP contribution in [0.2, 0.25) is 0 Å². The van der Waals surface area contributed by atoms with Crippen molar-refractivity contribution in [2.24, 2.45) is 0 Å². The van der Waals surface area contributed by atoms with E-state index in [1.165, 1.54) is 9.71 Å². The summed E-state index contributed by atoms with van der Waals surface area (Å²) < 4.78 is 1.26. The molecule has 0 saturated heterocycles. The van der Waals surface area contributed by atoms with Gasteiger partial charge in [0.1, 0.15) is 5.52 Å². The van der Waals surface area contributed by atoms with E-state index in [0.29, 0.717) is 0 Å². The number of hydrogen-bond acceptors (Lipinski definition) is 3. The fourth-order valence-corrected chi connectivity index (χ4v) is 2.46. The minimum Gasteiger partial charge on any atom is -0.259 e. The van der Waals surface area contributed by atoms with Crippen LogP contribution in [-0.2, 0) is 6.42 Å². The molecule has 0 spiro atoms. The second-order valence-corrected chi connectivity index (χ2v) is 4.22. The van der Waals surface area contributed by atoms with Crippen LogP contribution in [0.3, 0.4) is 0 Å². The van der Waals surface area contributed by atoms with Crippen LogP contribution in [0.1, 0.15) is 24.0 Å². The van der Waals surface area contributed by atoms with Crippen molar-refractivity contribution in [2.75, 3.05) is 0 Å². The molecule has 2 nitrogen and oxygen atoms in total. The van der Waals surface area contributed by atoms with Gasteiger partial charge in [-0.2, -0.15) is 0 Å². The van der Waals surface area contributed by atoms with E-state index in [9.17, 15) is 0 Å². The number of rotatable bonds is 2. The number of pyridine rings is 1. The average Bonchev–Trinajstić information content (AvgIpc) is 2.49. The number of aryl methyl sites for hydroxylation is 2. The summed E-state index contributed by atoms with van der Waals surface area (Å²) in [6, 6.07) is 2.04. The highest BCUT2D eigenvalue weighted by molar-refractivity contribution is 7.18. The Morgan fingerprint density at radius 1 is 1.46 bits per heavy atom. The van der Waals surface area contributed by atoms with Crippen LogP contribution in [0.4, 0.5) is 0 Å². The Morgan fingerprint density at radius 3 is 3.00 bits per heavy atom. The van der Waals surface area contributed by atoms with Gasteiger partial charge in [0.2, 0.25) is 0 Å². The second kappa shape index (κ2) is 3.42. The minimum atomic E-state index is 1.04. The highest BCUT2D eigenvalue weighted by Crippen LogP contribution is 2.23. The molecule has 0 N–H and O–H groups in total. The van der Waals surface area contributed by atoms with Crippen molar-refractivity contribution in [2.45, 2.75) is 26.7 Å². The number of hydrogen-bond donors (Lipinski definition) is 0. The van der Waals surface area contributed by atoms with Crippen molar-refractivity contribution in [3.05, 3.63) is 23.0 Å². The Hall–Kier alpha value is -0.960. The summed E-state index contributed by atoms with van der Waals surface area (Å²) in [4.78, 5) is 8.78. The van der Waals surface area contributed by atoms with Crippen LogP contribution in [-0.4, -0.2) is 9.97 Å². The summed E-state index contributed by atoms with van der Waals surface area (Å²) in [6.07, 6.45) is 4.09. The maximum atomic E-state index is 4.56. The molecule has 2 heterocycles. The van der Waals surface area contributed by atoms with Gasteiger partial charge in [-0.25, -0.2) is 4.98 Å². The fraction of sp³-hybridized carbons (Fsp3) is 0.400. The molecular weight excluding hydrogens is 180 g/mol. The van der Waals surface area contributed by atoms with E-state index >= 15 is 0 Å². The third kappa shape index (κ3) is 1.56. The predicted octanol–water partition coefficient (Wildman–Crippen LogP) is 2.95. The molecule has 2 aromatic rings. The smallest absolute Gasteiger partial charge is 0.103 e. The molecule has 2 aromatic heterocycles. The normalized spacial score (nSPS) is 10.9. The van der Waals surface area contributed by atoms with Crippen LogP contribution in [0.15, 0.2) is 12.3 Å². The summed E-state index contributed by atoms with van der Waals surface area (Å²) >= 11 is 1.78. The maximum absolute atomic E-state index is 4.56. The summed E-state index contributed by atoms with van der Waals surface area (Å²) in [5, 5.41) is 1.23.